The Morgan fingerprint density at radius 1 is 1.44 bits per heavy atom. The van der Waals surface area contributed by atoms with Gasteiger partial charge in [0.1, 0.15) is 0 Å². The summed E-state index contributed by atoms with van der Waals surface area (Å²) < 4.78 is 0. The van der Waals surface area contributed by atoms with E-state index in [1.54, 1.807) is 23.1 Å². The average Bonchev–Trinajstić information content (AvgIpc) is 2.32. The van der Waals surface area contributed by atoms with Crippen LogP contribution in [0.5, 0.6) is 0 Å². The number of amides is 1. The highest BCUT2D eigenvalue weighted by atomic mass is 35.5. The highest BCUT2D eigenvalue weighted by Crippen LogP contribution is 2.21. The molecule has 0 radical (unpaired) electrons. The van der Waals surface area contributed by atoms with Crippen molar-refractivity contribution in [1.29, 1.82) is 0 Å². The molecule has 0 aliphatic rings. The Kier molecular flexibility index (Phi) is 5.63. The van der Waals surface area contributed by atoms with E-state index in [-0.39, 0.29) is 18.6 Å². The summed E-state index contributed by atoms with van der Waals surface area (Å²) >= 11 is 6.04. The van der Waals surface area contributed by atoms with Crippen molar-refractivity contribution in [1.82, 2.24) is 4.90 Å². The lowest BCUT2D eigenvalue weighted by molar-refractivity contribution is 0.0692. The van der Waals surface area contributed by atoms with Crippen LogP contribution >= 0.6 is 11.6 Å². The number of benzene rings is 1. The number of carbonyl (C=O) groups is 1. The van der Waals surface area contributed by atoms with Crippen LogP contribution in [0, 0.1) is 6.92 Å². The largest absolute Gasteiger partial charge is 0.396 e. The fourth-order valence-corrected chi connectivity index (χ4v) is 2.00. The smallest absolute Gasteiger partial charge is 0.254 e. The van der Waals surface area contributed by atoms with Gasteiger partial charge in [0.15, 0.2) is 0 Å². The molecule has 0 heterocycles. The summed E-state index contributed by atoms with van der Waals surface area (Å²) in [6.45, 7) is 6.43. The Morgan fingerprint density at radius 3 is 2.67 bits per heavy atom. The molecule has 1 amide bonds. The SMILES string of the molecule is Cc1c(Cl)cccc1C(=O)N(CCCO)C(C)C. The summed E-state index contributed by atoms with van der Waals surface area (Å²) in [6.07, 6.45) is 0.587. The van der Waals surface area contributed by atoms with Gasteiger partial charge in [-0.25, -0.2) is 0 Å². The molecule has 0 spiro atoms. The van der Waals surface area contributed by atoms with Crippen molar-refractivity contribution in [3.05, 3.63) is 34.3 Å². The first kappa shape index (κ1) is 15.0. The Morgan fingerprint density at radius 2 is 2.11 bits per heavy atom. The van der Waals surface area contributed by atoms with Crippen LogP contribution in [0.3, 0.4) is 0 Å². The molecule has 0 fully saturated rings. The van der Waals surface area contributed by atoms with Crippen LogP contribution in [0.15, 0.2) is 18.2 Å². The van der Waals surface area contributed by atoms with Gasteiger partial charge in [0, 0.05) is 29.8 Å². The number of hydrogen-bond acceptors (Lipinski definition) is 2. The molecule has 18 heavy (non-hydrogen) atoms. The van der Waals surface area contributed by atoms with Gasteiger partial charge in [0.05, 0.1) is 0 Å². The molecule has 0 aromatic heterocycles. The second-order valence-corrected chi connectivity index (χ2v) is 4.99. The molecule has 3 nitrogen and oxygen atoms in total. The lowest BCUT2D eigenvalue weighted by Gasteiger charge is -2.27. The standard InChI is InChI=1S/C14H20ClNO2/c1-10(2)16(8-5-9-17)14(18)12-6-4-7-13(15)11(12)3/h4,6-7,10,17H,5,8-9H2,1-3H3. The molecule has 1 N–H and O–H groups in total. The van der Waals surface area contributed by atoms with E-state index >= 15 is 0 Å². The maximum atomic E-state index is 12.5. The van der Waals surface area contributed by atoms with Crippen LogP contribution in [-0.4, -0.2) is 35.1 Å². The third-order valence-electron chi connectivity index (χ3n) is 2.94. The van der Waals surface area contributed by atoms with Gasteiger partial charge in [-0.05, 0) is 44.9 Å². The van der Waals surface area contributed by atoms with Gasteiger partial charge < -0.3 is 10.0 Å². The van der Waals surface area contributed by atoms with Crippen LogP contribution in [0.25, 0.3) is 0 Å². The molecule has 100 valence electrons. The van der Waals surface area contributed by atoms with Crippen molar-refractivity contribution in [3.8, 4) is 0 Å². The number of hydrogen-bond donors (Lipinski definition) is 1. The minimum absolute atomic E-state index is 0.0292. The first-order valence-corrected chi connectivity index (χ1v) is 6.53. The van der Waals surface area contributed by atoms with E-state index < -0.39 is 0 Å². The monoisotopic (exact) mass is 269 g/mol. The third kappa shape index (κ3) is 3.47. The summed E-state index contributed by atoms with van der Waals surface area (Å²) in [4.78, 5) is 14.2. The number of rotatable bonds is 5. The van der Waals surface area contributed by atoms with Gasteiger partial charge in [0.25, 0.3) is 5.91 Å². The van der Waals surface area contributed by atoms with Gasteiger partial charge in [-0.1, -0.05) is 17.7 Å². The molecular formula is C14H20ClNO2. The maximum Gasteiger partial charge on any atom is 0.254 e. The summed E-state index contributed by atoms with van der Waals surface area (Å²) in [6, 6.07) is 5.45. The fourth-order valence-electron chi connectivity index (χ4n) is 1.83. The second-order valence-electron chi connectivity index (χ2n) is 4.58. The Hall–Kier alpha value is -1.06. The number of carbonyl (C=O) groups excluding carboxylic acids is 1. The highest BCUT2D eigenvalue weighted by molar-refractivity contribution is 6.31. The van der Waals surface area contributed by atoms with Crippen molar-refractivity contribution in [2.24, 2.45) is 0 Å². The first-order valence-electron chi connectivity index (χ1n) is 6.16. The lowest BCUT2D eigenvalue weighted by Crippen LogP contribution is -2.38. The second kappa shape index (κ2) is 6.76. The summed E-state index contributed by atoms with van der Waals surface area (Å²) in [5, 5.41) is 9.49. The van der Waals surface area contributed by atoms with E-state index in [9.17, 15) is 4.79 Å². The Labute approximate surface area is 113 Å². The Balaban J connectivity index is 2.98. The van der Waals surface area contributed by atoms with Crippen LogP contribution in [0.2, 0.25) is 5.02 Å². The molecule has 1 aromatic carbocycles. The topological polar surface area (TPSA) is 40.5 Å². The minimum atomic E-state index is -0.0292. The van der Waals surface area contributed by atoms with Gasteiger partial charge in [-0.15, -0.1) is 0 Å². The predicted octanol–water partition coefficient (Wildman–Crippen LogP) is 2.88. The molecule has 0 atom stereocenters. The van der Waals surface area contributed by atoms with E-state index in [1.165, 1.54) is 0 Å². The molecular weight excluding hydrogens is 250 g/mol. The number of halogens is 1. The zero-order valence-electron chi connectivity index (χ0n) is 11.1. The van der Waals surface area contributed by atoms with Crippen molar-refractivity contribution in [3.63, 3.8) is 0 Å². The molecule has 0 unspecified atom stereocenters. The highest BCUT2D eigenvalue weighted by Gasteiger charge is 2.20. The molecule has 4 heteroatoms. The van der Waals surface area contributed by atoms with E-state index in [1.807, 2.05) is 20.8 Å². The van der Waals surface area contributed by atoms with Crippen molar-refractivity contribution in [2.75, 3.05) is 13.2 Å². The fraction of sp³-hybridized carbons (Fsp3) is 0.500. The zero-order valence-corrected chi connectivity index (χ0v) is 11.9. The summed E-state index contributed by atoms with van der Waals surface area (Å²) in [5.41, 5.74) is 1.44. The quantitative estimate of drug-likeness (QED) is 0.893. The third-order valence-corrected chi connectivity index (χ3v) is 3.35. The first-order chi connectivity index (χ1) is 8.49. The predicted molar refractivity (Wildman–Crippen MR) is 74.1 cm³/mol. The van der Waals surface area contributed by atoms with Gasteiger partial charge in [-0.2, -0.15) is 0 Å². The number of aliphatic hydroxyl groups is 1. The molecule has 1 rings (SSSR count). The molecule has 0 saturated heterocycles. The van der Waals surface area contributed by atoms with Gasteiger partial charge in [-0.3, -0.25) is 4.79 Å². The Bertz CT molecular complexity index is 418. The van der Waals surface area contributed by atoms with E-state index in [0.717, 1.165) is 5.56 Å². The molecule has 0 saturated carbocycles. The molecule has 0 aliphatic heterocycles. The van der Waals surface area contributed by atoms with Crippen molar-refractivity contribution in [2.45, 2.75) is 33.2 Å². The molecule has 0 bridgehead atoms. The summed E-state index contributed by atoms with van der Waals surface area (Å²) in [7, 11) is 0. The van der Waals surface area contributed by atoms with Crippen LogP contribution < -0.4 is 0 Å². The normalized spacial score (nSPS) is 10.8. The number of nitrogens with zero attached hydrogens (tertiary/aromatic N) is 1. The van der Waals surface area contributed by atoms with Gasteiger partial charge >= 0.3 is 0 Å². The van der Waals surface area contributed by atoms with Crippen molar-refractivity contribution < 1.29 is 9.90 Å². The van der Waals surface area contributed by atoms with E-state index in [2.05, 4.69) is 0 Å². The summed E-state index contributed by atoms with van der Waals surface area (Å²) in [5.74, 6) is -0.0292. The van der Waals surface area contributed by atoms with Crippen LogP contribution in [0.4, 0.5) is 0 Å². The number of aliphatic hydroxyl groups excluding tert-OH is 1. The van der Waals surface area contributed by atoms with E-state index in [0.29, 0.717) is 23.6 Å². The molecule has 1 aromatic rings. The van der Waals surface area contributed by atoms with Crippen molar-refractivity contribution >= 4 is 17.5 Å². The van der Waals surface area contributed by atoms with Gasteiger partial charge in [0.2, 0.25) is 0 Å². The zero-order chi connectivity index (χ0) is 13.7. The maximum absolute atomic E-state index is 12.5. The van der Waals surface area contributed by atoms with Crippen LogP contribution in [-0.2, 0) is 0 Å². The minimum Gasteiger partial charge on any atom is -0.396 e. The molecule has 0 aliphatic carbocycles. The lowest BCUT2D eigenvalue weighted by atomic mass is 10.1. The van der Waals surface area contributed by atoms with E-state index in [4.69, 9.17) is 16.7 Å². The average molecular weight is 270 g/mol. The van der Waals surface area contributed by atoms with Crippen LogP contribution in [0.1, 0.15) is 36.2 Å².